The second-order valence-electron chi connectivity index (χ2n) is 5.19. The SMILES string of the molecule is Cc1ccc(F)cc1CC(C)C(N)c1ccccc1. The van der Waals surface area contributed by atoms with E-state index in [4.69, 9.17) is 5.73 Å². The number of nitrogens with two attached hydrogens (primary N) is 1. The van der Waals surface area contributed by atoms with Crippen LogP contribution in [0.25, 0.3) is 0 Å². The van der Waals surface area contributed by atoms with E-state index in [0.29, 0.717) is 0 Å². The van der Waals surface area contributed by atoms with Crippen molar-refractivity contribution in [3.63, 3.8) is 0 Å². The van der Waals surface area contributed by atoms with Gasteiger partial charge >= 0.3 is 0 Å². The number of aryl methyl sites for hydroxylation is 1. The zero-order valence-electron chi connectivity index (χ0n) is 11.4. The molecule has 2 aromatic carbocycles. The predicted molar refractivity (Wildman–Crippen MR) is 77.4 cm³/mol. The molecule has 0 aliphatic heterocycles. The van der Waals surface area contributed by atoms with E-state index in [1.165, 1.54) is 6.07 Å². The Morgan fingerprint density at radius 2 is 1.79 bits per heavy atom. The fourth-order valence-electron chi connectivity index (χ4n) is 2.34. The summed E-state index contributed by atoms with van der Waals surface area (Å²) in [6.07, 6.45) is 0.791. The molecule has 19 heavy (non-hydrogen) atoms. The highest BCUT2D eigenvalue weighted by Gasteiger charge is 2.16. The summed E-state index contributed by atoms with van der Waals surface area (Å²) in [5.74, 6) is 0.0870. The lowest BCUT2D eigenvalue weighted by Gasteiger charge is -2.21. The van der Waals surface area contributed by atoms with Crippen LogP contribution in [0.4, 0.5) is 4.39 Å². The minimum atomic E-state index is -0.180. The van der Waals surface area contributed by atoms with Gasteiger partial charge in [0.2, 0.25) is 0 Å². The van der Waals surface area contributed by atoms with Crippen molar-refractivity contribution in [1.82, 2.24) is 0 Å². The number of benzene rings is 2. The van der Waals surface area contributed by atoms with Gasteiger partial charge in [-0.15, -0.1) is 0 Å². The maximum Gasteiger partial charge on any atom is 0.123 e. The Kier molecular flexibility index (Phi) is 4.33. The van der Waals surface area contributed by atoms with Gasteiger partial charge in [-0.25, -0.2) is 4.39 Å². The van der Waals surface area contributed by atoms with Gasteiger partial charge in [0.25, 0.3) is 0 Å². The zero-order chi connectivity index (χ0) is 13.8. The van der Waals surface area contributed by atoms with Gasteiger partial charge < -0.3 is 5.73 Å². The highest BCUT2D eigenvalue weighted by molar-refractivity contribution is 5.28. The molecule has 0 aliphatic carbocycles. The zero-order valence-corrected chi connectivity index (χ0v) is 11.4. The Labute approximate surface area is 114 Å². The van der Waals surface area contributed by atoms with Crippen LogP contribution in [0.1, 0.15) is 29.7 Å². The third kappa shape index (κ3) is 3.42. The third-order valence-electron chi connectivity index (χ3n) is 3.65. The summed E-state index contributed by atoms with van der Waals surface area (Å²) in [4.78, 5) is 0. The molecule has 0 fully saturated rings. The fraction of sp³-hybridized carbons (Fsp3) is 0.294. The van der Waals surface area contributed by atoms with Gasteiger partial charge in [0.05, 0.1) is 0 Å². The van der Waals surface area contributed by atoms with E-state index in [1.54, 1.807) is 6.07 Å². The molecule has 0 radical (unpaired) electrons. The Hall–Kier alpha value is -1.67. The molecule has 2 heteroatoms. The lowest BCUT2D eigenvalue weighted by Crippen LogP contribution is -2.21. The Balaban J connectivity index is 2.12. The molecule has 2 unspecified atom stereocenters. The topological polar surface area (TPSA) is 26.0 Å². The second-order valence-corrected chi connectivity index (χ2v) is 5.19. The van der Waals surface area contributed by atoms with Gasteiger partial charge in [-0.2, -0.15) is 0 Å². The molecule has 2 aromatic rings. The minimum Gasteiger partial charge on any atom is -0.324 e. The normalized spacial score (nSPS) is 14.1. The fourth-order valence-corrected chi connectivity index (χ4v) is 2.34. The molecular weight excluding hydrogens is 237 g/mol. The first-order valence-corrected chi connectivity index (χ1v) is 6.63. The van der Waals surface area contributed by atoms with Crippen molar-refractivity contribution < 1.29 is 4.39 Å². The summed E-state index contributed by atoms with van der Waals surface area (Å²) in [5, 5.41) is 0. The molecule has 0 saturated heterocycles. The standard InChI is InChI=1S/C17H20FN/c1-12-8-9-16(18)11-15(12)10-13(2)17(19)14-6-4-3-5-7-14/h3-9,11,13,17H,10,19H2,1-2H3. The number of rotatable bonds is 4. The molecule has 0 aromatic heterocycles. The van der Waals surface area contributed by atoms with Crippen LogP contribution in [0.2, 0.25) is 0 Å². The molecule has 100 valence electrons. The van der Waals surface area contributed by atoms with Gasteiger partial charge in [-0.1, -0.05) is 43.3 Å². The van der Waals surface area contributed by atoms with Crippen LogP contribution in [-0.2, 0) is 6.42 Å². The third-order valence-corrected chi connectivity index (χ3v) is 3.65. The van der Waals surface area contributed by atoms with E-state index < -0.39 is 0 Å². The average Bonchev–Trinajstić information content (AvgIpc) is 2.43. The minimum absolute atomic E-state index is 0.0242. The van der Waals surface area contributed by atoms with Crippen LogP contribution in [-0.4, -0.2) is 0 Å². The van der Waals surface area contributed by atoms with Gasteiger partial charge in [0.15, 0.2) is 0 Å². The summed E-state index contributed by atoms with van der Waals surface area (Å²) in [6, 6.07) is 15.0. The summed E-state index contributed by atoms with van der Waals surface area (Å²) < 4.78 is 13.3. The van der Waals surface area contributed by atoms with E-state index in [-0.39, 0.29) is 17.8 Å². The molecule has 0 bridgehead atoms. The Morgan fingerprint density at radius 1 is 1.11 bits per heavy atom. The largest absolute Gasteiger partial charge is 0.324 e. The van der Waals surface area contributed by atoms with Crippen LogP contribution in [0.15, 0.2) is 48.5 Å². The molecule has 1 nitrogen and oxygen atoms in total. The summed E-state index contributed by atoms with van der Waals surface area (Å²) in [6.45, 7) is 4.12. The number of hydrogen-bond acceptors (Lipinski definition) is 1. The molecule has 0 amide bonds. The van der Waals surface area contributed by atoms with E-state index in [9.17, 15) is 4.39 Å². The Morgan fingerprint density at radius 3 is 2.47 bits per heavy atom. The molecule has 0 heterocycles. The summed E-state index contributed by atoms with van der Waals surface area (Å²) in [5.41, 5.74) is 9.57. The highest BCUT2D eigenvalue weighted by Crippen LogP contribution is 2.24. The first kappa shape index (κ1) is 13.8. The van der Waals surface area contributed by atoms with E-state index in [2.05, 4.69) is 6.92 Å². The molecular formula is C17H20FN. The lowest BCUT2D eigenvalue weighted by atomic mass is 9.88. The van der Waals surface area contributed by atoms with Gasteiger partial charge in [-0.05, 0) is 48.1 Å². The summed E-state index contributed by atoms with van der Waals surface area (Å²) in [7, 11) is 0. The smallest absolute Gasteiger partial charge is 0.123 e. The van der Waals surface area contributed by atoms with Gasteiger partial charge in [0, 0.05) is 6.04 Å². The van der Waals surface area contributed by atoms with Crippen molar-refractivity contribution in [3.05, 3.63) is 71.0 Å². The number of halogens is 1. The molecule has 2 atom stereocenters. The maximum atomic E-state index is 13.3. The van der Waals surface area contributed by atoms with Crippen molar-refractivity contribution in [2.75, 3.05) is 0 Å². The Bertz CT molecular complexity index is 536. The average molecular weight is 257 g/mol. The number of hydrogen-bond donors (Lipinski definition) is 1. The first-order chi connectivity index (χ1) is 9.08. The van der Waals surface area contributed by atoms with Crippen LogP contribution < -0.4 is 5.73 Å². The molecule has 2 rings (SSSR count). The highest BCUT2D eigenvalue weighted by atomic mass is 19.1. The van der Waals surface area contributed by atoms with Crippen LogP contribution in [0, 0.1) is 18.7 Å². The van der Waals surface area contributed by atoms with Crippen molar-refractivity contribution in [2.24, 2.45) is 11.7 Å². The summed E-state index contributed by atoms with van der Waals surface area (Å²) >= 11 is 0. The van der Waals surface area contributed by atoms with Crippen LogP contribution in [0.3, 0.4) is 0 Å². The van der Waals surface area contributed by atoms with Crippen molar-refractivity contribution in [1.29, 1.82) is 0 Å². The lowest BCUT2D eigenvalue weighted by molar-refractivity contribution is 0.466. The molecule has 0 aliphatic rings. The first-order valence-electron chi connectivity index (χ1n) is 6.63. The van der Waals surface area contributed by atoms with Gasteiger partial charge in [0.1, 0.15) is 5.82 Å². The molecule has 2 N–H and O–H groups in total. The van der Waals surface area contributed by atoms with E-state index in [1.807, 2.05) is 43.3 Å². The monoisotopic (exact) mass is 257 g/mol. The molecule has 0 saturated carbocycles. The predicted octanol–water partition coefficient (Wildman–Crippen LogP) is 4.01. The van der Waals surface area contributed by atoms with E-state index in [0.717, 1.165) is 23.1 Å². The van der Waals surface area contributed by atoms with Crippen LogP contribution in [0.5, 0.6) is 0 Å². The molecule has 0 spiro atoms. The quantitative estimate of drug-likeness (QED) is 0.879. The van der Waals surface area contributed by atoms with Crippen molar-refractivity contribution in [3.8, 4) is 0 Å². The van der Waals surface area contributed by atoms with Crippen molar-refractivity contribution in [2.45, 2.75) is 26.3 Å². The van der Waals surface area contributed by atoms with Crippen LogP contribution >= 0.6 is 0 Å². The second kappa shape index (κ2) is 5.98. The van der Waals surface area contributed by atoms with E-state index >= 15 is 0 Å². The van der Waals surface area contributed by atoms with Gasteiger partial charge in [-0.3, -0.25) is 0 Å². The maximum absolute atomic E-state index is 13.3. The van der Waals surface area contributed by atoms with Crippen molar-refractivity contribution >= 4 is 0 Å².